The number of nitrogens with zero attached hydrogens (tertiary/aromatic N) is 4. The number of anilines is 1. The van der Waals surface area contributed by atoms with Crippen molar-refractivity contribution < 1.29 is 29.3 Å². The molecule has 1 aliphatic rings. The third-order valence-electron chi connectivity index (χ3n) is 5.98. The van der Waals surface area contributed by atoms with Gasteiger partial charge < -0.3 is 30.1 Å². The number of aliphatic hydroxyl groups is 2. The van der Waals surface area contributed by atoms with Crippen LogP contribution in [-0.2, 0) is 15.8 Å². The Hall–Kier alpha value is -2.63. The molecule has 0 radical (unpaired) electrons. The molecule has 0 spiro atoms. The largest absolute Gasteiger partial charge is 0.388 e. The summed E-state index contributed by atoms with van der Waals surface area (Å²) in [5, 5.41) is 26.3. The second-order valence-corrected chi connectivity index (χ2v) is 10.5. The lowest BCUT2D eigenvalue weighted by Gasteiger charge is -2.17. The van der Waals surface area contributed by atoms with Gasteiger partial charge in [0.05, 0.1) is 18.6 Å². The van der Waals surface area contributed by atoms with Crippen LogP contribution in [0, 0.1) is 0 Å². The molecule has 0 aliphatic carbocycles. The molecule has 0 bridgehead atoms. The van der Waals surface area contributed by atoms with E-state index in [0.717, 1.165) is 16.3 Å². The molecule has 5 N–H and O–H groups in total. The normalized spacial score (nSPS) is 22.8. The van der Waals surface area contributed by atoms with Gasteiger partial charge in [-0.15, -0.1) is 0 Å². The van der Waals surface area contributed by atoms with E-state index in [1.165, 1.54) is 10.9 Å². The van der Waals surface area contributed by atoms with Crippen molar-refractivity contribution >= 4 is 47.0 Å². The number of aliphatic hydroxyl groups excluding tert-OH is 2. The molecule has 35 heavy (non-hydrogen) atoms. The first-order valence-corrected chi connectivity index (χ1v) is 13.0. The summed E-state index contributed by atoms with van der Waals surface area (Å²) in [6, 6.07) is 14.2. The highest BCUT2D eigenvalue weighted by molar-refractivity contribution is 7.51. The van der Waals surface area contributed by atoms with Crippen LogP contribution in [0.25, 0.3) is 21.9 Å². The number of hydrogen-bond acceptors (Lipinski definition) is 8. The average molecular weight is 520 g/mol. The fraction of sp³-hybridized carbons (Fsp3) is 0.318. The van der Waals surface area contributed by atoms with Crippen LogP contribution in [0.1, 0.15) is 18.2 Å². The van der Waals surface area contributed by atoms with Crippen LogP contribution in [0.4, 0.5) is 5.82 Å². The van der Waals surface area contributed by atoms with Crippen molar-refractivity contribution in [1.29, 1.82) is 0 Å². The van der Waals surface area contributed by atoms with Gasteiger partial charge >= 0.3 is 7.60 Å². The van der Waals surface area contributed by atoms with E-state index >= 15 is 0 Å². The van der Waals surface area contributed by atoms with Gasteiger partial charge in [0.1, 0.15) is 12.2 Å². The first-order chi connectivity index (χ1) is 16.7. The minimum absolute atomic E-state index is 0.0497. The summed E-state index contributed by atoms with van der Waals surface area (Å²) >= 11 is 6.17. The molecule has 1 saturated heterocycles. The fourth-order valence-corrected chi connectivity index (χ4v) is 4.98. The molecule has 11 nitrogen and oxygen atoms in total. The van der Waals surface area contributed by atoms with Gasteiger partial charge in [0.15, 0.2) is 23.2 Å². The van der Waals surface area contributed by atoms with Crippen molar-refractivity contribution in [3.05, 3.63) is 59.6 Å². The van der Waals surface area contributed by atoms with E-state index in [2.05, 4.69) is 26.3 Å². The number of halogens is 1. The first-order valence-electron chi connectivity index (χ1n) is 10.9. The minimum Gasteiger partial charge on any atom is -0.388 e. The van der Waals surface area contributed by atoms with Crippen molar-refractivity contribution in [1.82, 2.24) is 19.5 Å². The zero-order chi connectivity index (χ0) is 24.7. The first kappa shape index (κ1) is 24.1. The lowest BCUT2D eigenvalue weighted by atomic mass is 10.1. The molecule has 0 saturated carbocycles. The van der Waals surface area contributed by atoms with Crippen LogP contribution in [0.3, 0.4) is 0 Å². The Morgan fingerprint density at radius 1 is 1.09 bits per heavy atom. The second kappa shape index (κ2) is 9.44. The predicted molar refractivity (Wildman–Crippen MR) is 129 cm³/mol. The van der Waals surface area contributed by atoms with Gasteiger partial charge in [-0.2, -0.15) is 9.97 Å². The maximum absolute atomic E-state index is 11.2. The molecular weight excluding hydrogens is 497 g/mol. The van der Waals surface area contributed by atoms with Gasteiger partial charge in [0.2, 0.25) is 5.28 Å². The van der Waals surface area contributed by atoms with Crippen LogP contribution in [0.15, 0.2) is 48.8 Å². The number of benzene rings is 2. The number of imidazole rings is 1. The Kier molecular flexibility index (Phi) is 6.49. The van der Waals surface area contributed by atoms with Crippen molar-refractivity contribution in [2.45, 2.75) is 37.5 Å². The van der Waals surface area contributed by atoms with Crippen LogP contribution in [0.2, 0.25) is 5.28 Å². The number of rotatable bonds is 7. The van der Waals surface area contributed by atoms with Crippen LogP contribution >= 0.6 is 19.2 Å². The second-order valence-electron chi connectivity index (χ2n) is 8.42. The Balaban J connectivity index is 1.39. The van der Waals surface area contributed by atoms with Gasteiger partial charge in [-0.1, -0.05) is 36.4 Å². The third kappa shape index (κ3) is 5.03. The Morgan fingerprint density at radius 3 is 2.63 bits per heavy atom. The molecule has 4 unspecified atom stereocenters. The molecule has 3 heterocycles. The molecule has 2 aromatic heterocycles. The average Bonchev–Trinajstić information content (AvgIpc) is 3.36. The highest BCUT2D eigenvalue weighted by Crippen LogP contribution is 2.39. The summed E-state index contributed by atoms with van der Waals surface area (Å²) in [4.78, 5) is 31.1. The zero-order valence-corrected chi connectivity index (χ0v) is 19.9. The van der Waals surface area contributed by atoms with E-state index in [1.54, 1.807) is 0 Å². The molecule has 13 heteroatoms. The summed E-state index contributed by atoms with van der Waals surface area (Å²) < 4.78 is 18.4. The summed E-state index contributed by atoms with van der Waals surface area (Å²) in [5.41, 5.74) is 1.69. The monoisotopic (exact) mass is 519 g/mol. The van der Waals surface area contributed by atoms with E-state index in [1.807, 2.05) is 36.4 Å². The molecule has 4 aromatic rings. The smallest absolute Gasteiger partial charge is 0.325 e. The van der Waals surface area contributed by atoms with Crippen molar-refractivity contribution in [2.75, 3.05) is 11.5 Å². The Bertz CT molecular complexity index is 1430. The van der Waals surface area contributed by atoms with Crippen molar-refractivity contribution in [3.8, 4) is 0 Å². The van der Waals surface area contributed by atoms with E-state index in [0.29, 0.717) is 17.9 Å². The van der Waals surface area contributed by atoms with E-state index < -0.39 is 38.3 Å². The molecule has 1 fully saturated rings. The number of nitrogens with one attached hydrogen (secondary N) is 1. The number of hydrogen-bond donors (Lipinski definition) is 5. The number of fused-ring (bicyclic) bond motifs is 2. The van der Waals surface area contributed by atoms with Crippen LogP contribution in [-0.4, -0.2) is 64.0 Å². The van der Waals surface area contributed by atoms with Crippen LogP contribution in [0.5, 0.6) is 0 Å². The number of aromatic nitrogens is 4. The topological polar surface area (TPSA) is 163 Å². The van der Waals surface area contributed by atoms with Crippen molar-refractivity contribution in [2.24, 2.45) is 0 Å². The summed E-state index contributed by atoms with van der Waals surface area (Å²) in [7, 11) is -4.28. The van der Waals surface area contributed by atoms with Crippen molar-refractivity contribution in [3.63, 3.8) is 0 Å². The minimum atomic E-state index is -4.28. The lowest BCUT2D eigenvalue weighted by Crippen LogP contribution is -2.31. The summed E-state index contributed by atoms with van der Waals surface area (Å²) in [6.45, 7) is 0.450. The molecule has 0 amide bonds. The number of ether oxygens (including phenoxy) is 1. The van der Waals surface area contributed by atoms with Gasteiger partial charge in [0.25, 0.3) is 0 Å². The van der Waals surface area contributed by atoms with E-state index in [4.69, 9.17) is 26.1 Å². The van der Waals surface area contributed by atoms with Gasteiger partial charge in [0, 0.05) is 6.54 Å². The third-order valence-corrected chi connectivity index (χ3v) is 6.99. The zero-order valence-electron chi connectivity index (χ0n) is 18.3. The summed E-state index contributed by atoms with van der Waals surface area (Å²) in [6.07, 6.45) is -3.96. The maximum atomic E-state index is 11.2. The SMILES string of the molecule is O=P(O)(O)CCC1OC(n2cnc3c(NCc4ccc5ccccc5c4)nc(Cl)nc32)C(O)C1O. The lowest BCUT2D eigenvalue weighted by molar-refractivity contribution is -0.0355. The fourth-order valence-electron chi connectivity index (χ4n) is 4.23. The van der Waals surface area contributed by atoms with Gasteiger partial charge in [-0.25, -0.2) is 4.98 Å². The molecule has 1 aliphatic heterocycles. The van der Waals surface area contributed by atoms with Crippen LogP contribution < -0.4 is 5.32 Å². The molecule has 4 atom stereocenters. The van der Waals surface area contributed by atoms with E-state index in [9.17, 15) is 14.8 Å². The molecule has 5 rings (SSSR count). The van der Waals surface area contributed by atoms with E-state index in [-0.39, 0.29) is 17.4 Å². The quantitative estimate of drug-likeness (QED) is 0.181. The Labute approximate surface area is 204 Å². The molecular formula is C22H23ClN5O6P. The Morgan fingerprint density at radius 2 is 1.86 bits per heavy atom. The predicted octanol–water partition coefficient (Wildman–Crippen LogP) is 2.43. The summed E-state index contributed by atoms with van der Waals surface area (Å²) in [5.74, 6) is 0.387. The van der Waals surface area contributed by atoms with Gasteiger partial charge in [-0.3, -0.25) is 9.13 Å². The molecule has 184 valence electrons. The standard InChI is InChI=1S/C22H23ClN5O6P/c23-22-26-19(24-10-12-5-6-13-3-1-2-4-14(13)9-12)16-20(27-22)28(11-25-16)21-18(30)17(29)15(34-21)7-8-35(31,32)33/h1-6,9,11,15,17-18,21,29-30H,7-8,10H2,(H,24,26,27)(H2,31,32,33). The molecule has 2 aromatic carbocycles. The van der Waals surface area contributed by atoms with Gasteiger partial charge in [-0.05, 0) is 40.4 Å². The highest BCUT2D eigenvalue weighted by Gasteiger charge is 2.44. The maximum Gasteiger partial charge on any atom is 0.325 e. The highest BCUT2D eigenvalue weighted by atomic mass is 35.5.